The minimum Gasteiger partial charge on any atom is -0.494 e. The summed E-state index contributed by atoms with van der Waals surface area (Å²) in [6.45, 7) is 0. The zero-order chi connectivity index (χ0) is 13.0. The molecule has 0 aliphatic rings. The Kier molecular flexibility index (Phi) is 1.87. The van der Waals surface area contributed by atoms with Crippen LogP contribution in [0.25, 0.3) is 21.7 Å². The fourth-order valence-electron chi connectivity index (χ4n) is 2.10. The minimum atomic E-state index is -0.829. The van der Waals surface area contributed by atoms with E-state index in [4.69, 9.17) is 14.9 Å². The number of benzene rings is 1. The van der Waals surface area contributed by atoms with Gasteiger partial charge >= 0.3 is 5.63 Å². The van der Waals surface area contributed by atoms with Gasteiger partial charge in [0.2, 0.25) is 10.9 Å². The Morgan fingerprint density at radius 2 is 1.72 bits per heavy atom. The molecule has 0 aliphatic carbocycles. The number of nitrogens with two attached hydrogens (primary N) is 1. The van der Waals surface area contributed by atoms with Crippen molar-refractivity contribution in [3.8, 4) is 5.75 Å². The van der Waals surface area contributed by atoms with Gasteiger partial charge in [0, 0.05) is 0 Å². The van der Waals surface area contributed by atoms with Gasteiger partial charge in [0.15, 0.2) is 5.75 Å². The lowest BCUT2D eigenvalue weighted by Gasteiger charge is -2.10. The molecule has 90 valence electrons. The Labute approximate surface area is 98.9 Å². The second kappa shape index (κ2) is 3.19. The largest absolute Gasteiger partial charge is 0.494 e. The van der Waals surface area contributed by atoms with Crippen molar-refractivity contribution < 1.29 is 9.15 Å². The number of fused-ring (bicyclic) bond motifs is 3. The number of hydrogen-bond acceptors (Lipinski definition) is 6. The minimum absolute atomic E-state index is 0.0374. The molecule has 0 saturated carbocycles. The Bertz CT molecular complexity index is 928. The molecular formula is C12H7NO5. The van der Waals surface area contributed by atoms with Crippen molar-refractivity contribution in [3.05, 3.63) is 43.0 Å². The topological polar surface area (TPSA) is 99.6 Å². The van der Waals surface area contributed by atoms with E-state index in [0.717, 1.165) is 0 Å². The highest BCUT2D eigenvalue weighted by molar-refractivity contribution is 6.11. The van der Waals surface area contributed by atoms with Crippen molar-refractivity contribution in [2.24, 2.45) is 0 Å². The highest BCUT2D eigenvalue weighted by atomic mass is 16.5. The van der Waals surface area contributed by atoms with Crippen LogP contribution >= 0.6 is 0 Å². The monoisotopic (exact) mass is 245 g/mol. The molecule has 0 bridgehead atoms. The van der Waals surface area contributed by atoms with E-state index in [1.165, 1.54) is 19.2 Å². The van der Waals surface area contributed by atoms with Crippen LogP contribution in [0.5, 0.6) is 5.75 Å². The SMILES string of the molecule is COc1c(N)ccc2oc(=O)c3c(=O)c(=O)c3c12. The zero-order valence-electron chi connectivity index (χ0n) is 9.27. The first-order chi connectivity index (χ1) is 8.56. The molecule has 0 saturated heterocycles. The average molecular weight is 245 g/mol. The average Bonchev–Trinajstić information content (AvgIpc) is 2.36. The molecule has 0 spiro atoms. The number of rotatable bonds is 1. The molecule has 0 atom stereocenters. The van der Waals surface area contributed by atoms with Crippen molar-refractivity contribution in [1.29, 1.82) is 0 Å². The molecule has 2 aromatic carbocycles. The lowest BCUT2D eigenvalue weighted by atomic mass is 10.0. The Balaban J connectivity index is 2.73. The van der Waals surface area contributed by atoms with Crippen LogP contribution in [0.15, 0.2) is 30.9 Å². The van der Waals surface area contributed by atoms with Crippen LogP contribution in [0.2, 0.25) is 0 Å². The second-order valence-corrected chi connectivity index (χ2v) is 3.86. The molecule has 3 rings (SSSR count). The van der Waals surface area contributed by atoms with Gasteiger partial charge in [-0.3, -0.25) is 9.59 Å². The van der Waals surface area contributed by atoms with Crippen LogP contribution in [0.1, 0.15) is 0 Å². The van der Waals surface area contributed by atoms with E-state index in [9.17, 15) is 14.4 Å². The Morgan fingerprint density at radius 3 is 2.39 bits per heavy atom. The van der Waals surface area contributed by atoms with Crippen LogP contribution in [0.3, 0.4) is 0 Å². The van der Waals surface area contributed by atoms with Gasteiger partial charge in [0.25, 0.3) is 0 Å². The summed E-state index contributed by atoms with van der Waals surface area (Å²) in [5.74, 6) is 0.230. The molecular weight excluding hydrogens is 238 g/mol. The highest BCUT2D eigenvalue weighted by Gasteiger charge is 2.24. The molecule has 0 amide bonds. The summed E-state index contributed by atoms with van der Waals surface area (Å²) >= 11 is 0. The maximum absolute atomic E-state index is 11.6. The van der Waals surface area contributed by atoms with E-state index in [1.807, 2.05) is 0 Å². The molecule has 6 heteroatoms. The van der Waals surface area contributed by atoms with Crippen molar-refractivity contribution in [3.63, 3.8) is 0 Å². The molecule has 6 nitrogen and oxygen atoms in total. The van der Waals surface area contributed by atoms with Crippen LogP contribution in [-0.2, 0) is 0 Å². The van der Waals surface area contributed by atoms with Gasteiger partial charge in [-0.25, -0.2) is 4.79 Å². The fourth-order valence-corrected chi connectivity index (χ4v) is 2.10. The van der Waals surface area contributed by atoms with Crippen LogP contribution < -0.4 is 27.0 Å². The second-order valence-electron chi connectivity index (χ2n) is 3.86. The predicted octanol–water partition coefficient (Wildman–Crippen LogP) is 0.133. The van der Waals surface area contributed by atoms with Crippen molar-refractivity contribution >= 4 is 27.4 Å². The fraction of sp³-hybridized carbons (Fsp3) is 0.0833. The molecule has 1 aromatic heterocycles. The Morgan fingerprint density at radius 1 is 1.06 bits per heavy atom. The molecule has 1 heterocycles. The number of nitrogen functional groups attached to an aromatic ring is 1. The quantitative estimate of drug-likeness (QED) is 0.371. The molecule has 3 aromatic rings. The summed E-state index contributed by atoms with van der Waals surface area (Å²) in [6, 6.07) is 2.96. The zero-order valence-corrected chi connectivity index (χ0v) is 9.27. The summed E-state index contributed by atoms with van der Waals surface area (Å²) in [7, 11) is 1.38. The standard InChI is InChI=1S/C12H7NO5/c1-17-11-4(13)2-3-5-6(11)7-8(12(16)18-5)10(15)9(7)14/h2-3H,13H2,1H3. The Hall–Kier alpha value is -2.63. The third-order valence-corrected chi connectivity index (χ3v) is 2.92. The van der Waals surface area contributed by atoms with Crippen molar-refractivity contribution in [2.75, 3.05) is 12.8 Å². The molecule has 0 unspecified atom stereocenters. The third kappa shape index (κ3) is 1.04. The number of hydrogen-bond donors (Lipinski definition) is 1. The normalized spacial score (nSPS) is 11.4. The first kappa shape index (κ1) is 10.5. The highest BCUT2D eigenvalue weighted by Crippen LogP contribution is 2.34. The van der Waals surface area contributed by atoms with Gasteiger partial charge in [-0.15, -0.1) is 0 Å². The van der Waals surface area contributed by atoms with Crippen LogP contribution in [0.4, 0.5) is 5.69 Å². The van der Waals surface area contributed by atoms with Gasteiger partial charge < -0.3 is 14.9 Å². The van der Waals surface area contributed by atoms with Gasteiger partial charge in [0.1, 0.15) is 11.0 Å². The number of anilines is 1. The van der Waals surface area contributed by atoms with Crippen molar-refractivity contribution in [1.82, 2.24) is 0 Å². The number of ether oxygens (including phenoxy) is 1. The van der Waals surface area contributed by atoms with E-state index >= 15 is 0 Å². The van der Waals surface area contributed by atoms with E-state index < -0.39 is 16.5 Å². The molecule has 18 heavy (non-hydrogen) atoms. The molecule has 0 aliphatic heterocycles. The van der Waals surface area contributed by atoms with E-state index in [-0.39, 0.29) is 27.5 Å². The summed E-state index contributed by atoms with van der Waals surface area (Å²) < 4.78 is 10.1. The number of methoxy groups -OCH3 is 1. The molecule has 2 N–H and O–H groups in total. The van der Waals surface area contributed by atoms with Crippen LogP contribution in [-0.4, -0.2) is 7.11 Å². The summed E-state index contributed by atoms with van der Waals surface area (Å²) in [4.78, 5) is 34.4. The van der Waals surface area contributed by atoms with Gasteiger partial charge in [-0.2, -0.15) is 0 Å². The maximum Gasteiger partial charge on any atom is 0.348 e. The lowest BCUT2D eigenvalue weighted by Crippen LogP contribution is -2.35. The van der Waals surface area contributed by atoms with Gasteiger partial charge in [-0.05, 0) is 12.1 Å². The summed E-state index contributed by atoms with van der Waals surface area (Å²) in [6.07, 6.45) is 0. The van der Waals surface area contributed by atoms with E-state index in [2.05, 4.69) is 0 Å². The first-order valence-corrected chi connectivity index (χ1v) is 5.08. The third-order valence-electron chi connectivity index (χ3n) is 2.92. The first-order valence-electron chi connectivity index (χ1n) is 5.08. The van der Waals surface area contributed by atoms with Crippen LogP contribution in [0, 0.1) is 0 Å². The van der Waals surface area contributed by atoms with Gasteiger partial charge in [0.05, 0.1) is 23.6 Å². The smallest absolute Gasteiger partial charge is 0.348 e. The predicted molar refractivity (Wildman–Crippen MR) is 65.9 cm³/mol. The van der Waals surface area contributed by atoms with Gasteiger partial charge in [-0.1, -0.05) is 0 Å². The lowest BCUT2D eigenvalue weighted by molar-refractivity contribution is 0.421. The van der Waals surface area contributed by atoms with E-state index in [1.54, 1.807) is 0 Å². The summed E-state index contributed by atoms with van der Waals surface area (Å²) in [5, 5.41) is 0.0866. The van der Waals surface area contributed by atoms with Crippen molar-refractivity contribution in [2.45, 2.75) is 0 Å². The molecule has 0 fully saturated rings. The summed E-state index contributed by atoms with van der Waals surface area (Å²) in [5.41, 5.74) is 3.83. The molecule has 0 radical (unpaired) electrons. The van der Waals surface area contributed by atoms with E-state index in [0.29, 0.717) is 5.69 Å². The maximum atomic E-state index is 11.6.